The number of nitrogens with zero attached hydrogens (tertiary/aromatic N) is 1. The number of aryl methyl sites for hydroxylation is 1. The Balaban J connectivity index is 2.68. The second-order valence-electron chi connectivity index (χ2n) is 3.90. The predicted molar refractivity (Wildman–Crippen MR) is 72.7 cm³/mol. The van der Waals surface area contributed by atoms with Gasteiger partial charge in [-0.1, -0.05) is 42.0 Å². The fourth-order valence-electron chi connectivity index (χ4n) is 1.26. The van der Waals surface area contributed by atoms with Crippen LogP contribution in [0.25, 0.3) is 0 Å². The van der Waals surface area contributed by atoms with Crippen molar-refractivity contribution in [1.82, 2.24) is 0 Å². The first-order valence-electron chi connectivity index (χ1n) is 5.40. The number of anilines is 1. The highest BCUT2D eigenvalue weighted by Crippen LogP contribution is 2.13. The topological polar surface area (TPSA) is 3.24 Å². The first-order chi connectivity index (χ1) is 7.63. The fourth-order valence-corrected chi connectivity index (χ4v) is 1.26. The van der Waals surface area contributed by atoms with Gasteiger partial charge < -0.3 is 4.90 Å². The summed E-state index contributed by atoms with van der Waals surface area (Å²) >= 11 is 0. The number of benzene rings is 1. The van der Waals surface area contributed by atoms with Crippen molar-refractivity contribution in [2.24, 2.45) is 0 Å². The first kappa shape index (κ1) is 12.3. The third-order valence-electron chi connectivity index (χ3n) is 2.43. The lowest BCUT2D eigenvalue weighted by Crippen LogP contribution is -2.07. The molecule has 1 rings (SSSR count). The summed E-state index contributed by atoms with van der Waals surface area (Å²) in [5.41, 5.74) is 3.63. The summed E-state index contributed by atoms with van der Waals surface area (Å²) in [6.07, 6.45) is 7.95. The van der Waals surface area contributed by atoms with E-state index in [1.165, 1.54) is 11.3 Å². The number of allylic oxidation sites excluding steroid dienone is 4. The van der Waals surface area contributed by atoms with E-state index in [9.17, 15) is 0 Å². The molecule has 0 amide bonds. The molecule has 0 atom stereocenters. The van der Waals surface area contributed by atoms with Gasteiger partial charge in [0.25, 0.3) is 0 Å². The molecular weight excluding hydrogens is 194 g/mol. The molecule has 0 unspecified atom stereocenters. The molecule has 16 heavy (non-hydrogen) atoms. The second-order valence-corrected chi connectivity index (χ2v) is 3.90. The van der Waals surface area contributed by atoms with Crippen molar-refractivity contribution < 1.29 is 0 Å². The summed E-state index contributed by atoms with van der Waals surface area (Å²) in [6.45, 7) is 7.83. The Hall–Kier alpha value is -1.76. The lowest BCUT2D eigenvalue weighted by Gasteiger charge is -2.13. The summed E-state index contributed by atoms with van der Waals surface area (Å²) in [7, 11) is 2.04. The van der Waals surface area contributed by atoms with Crippen LogP contribution < -0.4 is 4.90 Å². The van der Waals surface area contributed by atoms with Gasteiger partial charge in [0.2, 0.25) is 0 Å². The summed E-state index contributed by atoms with van der Waals surface area (Å²) in [4.78, 5) is 2.09. The van der Waals surface area contributed by atoms with Crippen molar-refractivity contribution in [3.05, 3.63) is 66.4 Å². The average Bonchev–Trinajstić information content (AvgIpc) is 2.29. The molecule has 0 aliphatic rings. The molecule has 0 saturated heterocycles. The molecule has 0 aliphatic carbocycles. The molecule has 0 radical (unpaired) electrons. The molecule has 0 saturated carbocycles. The van der Waals surface area contributed by atoms with Gasteiger partial charge in [-0.2, -0.15) is 0 Å². The van der Waals surface area contributed by atoms with Crippen molar-refractivity contribution in [2.45, 2.75) is 13.8 Å². The van der Waals surface area contributed by atoms with Gasteiger partial charge in [0.05, 0.1) is 0 Å². The van der Waals surface area contributed by atoms with Gasteiger partial charge in [-0.05, 0) is 32.1 Å². The van der Waals surface area contributed by atoms with E-state index in [1.807, 2.05) is 38.4 Å². The molecule has 0 heterocycles. The van der Waals surface area contributed by atoms with Crippen molar-refractivity contribution in [1.29, 1.82) is 0 Å². The summed E-state index contributed by atoms with van der Waals surface area (Å²) in [5.74, 6) is 0. The monoisotopic (exact) mass is 213 g/mol. The molecule has 0 bridgehead atoms. The molecule has 1 nitrogen and oxygen atoms in total. The minimum absolute atomic E-state index is 1.16. The van der Waals surface area contributed by atoms with Gasteiger partial charge >= 0.3 is 0 Å². The van der Waals surface area contributed by atoms with Crippen LogP contribution in [0.3, 0.4) is 0 Å². The van der Waals surface area contributed by atoms with Crippen molar-refractivity contribution in [3.63, 3.8) is 0 Å². The lowest BCUT2D eigenvalue weighted by atomic mass is 10.2. The summed E-state index contributed by atoms with van der Waals surface area (Å²) in [6, 6.07) is 8.46. The third kappa shape index (κ3) is 3.77. The van der Waals surface area contributed by atoms with Crippen LogP contribution in [0.5, 0.6) is 0 Å². The molecule has 1 aromatic carbocycles. The maximum absolute atomic E-state index is 3.71. The van der Waals surface area contributed by atoms with Crippen LogP contribution in [0.4, 0.5) is 5.69 Å². The lowest BCUT2D eigenvalue weighted by molar-refractivity contribution is 1.20. The zero-order valence-electron chi connectivity index (χ0n) is 10.3. The zero-order valence-corrected chi connectivity index (χ0v) is 10.3. The van der Waals surface area contributed by atoms with E-state index in [4.69, 9.17) is 0 Å². The second kappa shape index (κ2) is 5.96. The van der Waals surface area contributed by atoms with Crippen LogP contribution in [-0.2, 0) is 0 Å². The van der Waals surface area contributed by atoms with Crippen LogP contribution in [0, 0.1) is 6.92 Å². The van der Waals surface area contributed by atoms with Crippen LogP contribution in [0.15, 0.2) is 60.8 Å². The summed E-state index contributed by atoms with van der Waals surface area (Å²) in [5, 5.41) is 0. The van der Waals surface area contributed by atoms with Crippen LogP contribution in [0.2, 0.25) is 0 Å². The Bertz CT molecular complexity index is 396. The molecule has 1 heteroatoms. The molecule has 1 aromatic rings. The minimum atomic E-state index is 1.16. The van der Waals surface area contributed by atoms with Crippen molar-refractivity contribution >= 4 is 5.69 Å². The number of hydrogen-bond donors (Lipinski definition) is 0. The fraction of sp³-hybridized carbons (Fsp3) is 0.200. The van der Waals surface area contributed by atoms with Gasteiger partial charge in [-0.25, -0.2) is 0 Å². The predicted octanol–water partition coefficient (Wildman–Crippen LogP) is 4.08. The minimum Gasteiger partial charge on any atom is -0.351 e. The molecule has 0 fully saturated rings. The maximum atomic E-state index is 3.71. The van der Waals surface area contributed by atoms with E-state index in [2.05, 4.69) is 42.7 Å². The standard InChI is InChI=1S/C15H19N/c1-5-13(2)7-6-12-16(4)15-10-8-14(3)9-11-15/h5-12H,1H2,2-4H3/b12-6+,13-7-. The van der Waals surface area contributed by atoms with Gasteiger partial charge in [0.15, 0.2) is 0 Å². The van der Waals surface area contributed by atoms with Crippen LogP contribution in [0.1, 0.15) is 12.5 Å². The molecule has 0 aliphatic heterocycles. The Morgan fingerprint density at radius 3 is 2.44 bits per heavy atom. The van der Waals surface area contributed by atoms with E-state index in [1.54, 1.807) is 0 Å². The van der Waals surface area contributed by atoms with Gasteiger partial charge in [0.1, 0.15) is 0 Å². The molecule has 0 spiro atoms. The van der Waals surface area contributed by atoms with Crippen LogP contribution >= 0.6 is 0 Å². The quantitative estimate of drug-likeness (QED) is 0.681. The maximum Gasteiger partial charge on any atom is 0.0403 e. The number of hydrogen-bond acceptors (Lipinski definition) is 1. The Morgan fingerprint density at radius 2 is 1.88 bits per heavy atom. The van der Waals surface area contributed by atoms with E-state index < -0.39 is 0 Å². The highest BCUT2D eigenvalue weighted by molar-refractivity contribution is 5.49. The summed E-state index contributed by atoms with van der Waals surface area (Å²) < 4.78 is 0. The van der Waals surface area contributed by atoms with E-state index in [0.29, 0.717) is 0 Å². The Morgan fingerprint density at radius 1 is 1.25 bits per heavy atom. The van der Waals surface area contributed by atoms with E-state index in [-0.39, 0.29) is 0 Å². The Kier molecular flexibility index (Phi) is 4.59. The normalized spacial score (nSPS) is 11.8. The third-order valence-corrected chi connectivity index (χ3v) is 2.43. The van der Waals surface area contributed by atoms with Crippen molar-refractivity contribution in [2.75, 3.05) is 11.9 Å². The highest BCUT2D eigenvalue weighted by atomic mass is 15.1. The molecule has 0 aromatic heterocycles. The van der Waals surface area contributed by atoms with Crippen molar-refractivity contribution in [3.8, 4) is 0 Å². The smallest absolute Gasteiger partial charge is 0.0403 e. The Labute approximate surface area is 98.4 Å². The first-order valence-corrected chi connectivity index (χ1v) is 5.40. The zero-order chi connectivity index (χ0) is 12.0. The van der Waals surface area contributed by atoms with Gasteiger partial charge in [-0.15, -0.1) is 0 Å². The molecular formula is C15H19N. The van der Waals surface area contributed by atoms with Crippen LogP contribution in [-0.4, -0.2) is 7.05 Å². The SMILES string of the molecule is C=C/C(C)=C\C=C\N(C)c1ccc(C)cc1. The largest absolute Gasteiger partial charge is 0.351 e. The average molecular weight is 213 g/mol. The highest BCUT2D eigenvalue weighted by Gasteiger charge is 1.94. The van der Waals surface area contributed by atoms with E-state index in [0.717, 1.165) is 5.57 Å². The number of rotatable bonds is 4. The molecule has 84 valence electrons. The van der Waals surface area contributed by atoms with E-state index >= 15 is 0 Å². The van der Waals surface area contributed by atoms with Gasteiger partial charge in [-0.3, -0.25) is 0 Å². The molecule has 0 N–H and O–H groups in total. The van der Waals surface area contributed by atoms with Gasteiger partial charge in [0, 0.05) is 18.9 Å².